The fourth-order valence-corrected chi connectivity index (χ4v) is 3.87. The summed E-state index contributed by atoms with van der Waals surface area (Å²) in [6, 6.07) is 16.2. The van der Waals surface area contributed by atoms with Crippen LogP contribution in [-0.4, -0.2) is 9.55 Å². The summed E-state index contributed by atoms with van der Waals surface area (Å²) in [5, 5.41) is 2.11. The van der Waals surface area contributed by atoms with E-state index in [1.165, 1.54) is 11.1 Å². The Hall–Kier alpha value is -2.92. The van der Waals surface area contributed by atoms with Gasteiger partial charge in [0.25, 0.3) is 0 Å². The number of thiazole rings is 1. The van der Waals surface area contributed by atoms with Gasteiger partial charge >= 0.3 is 0 Å². The van der Waals surface area contributed by atoms with Crippen LogP contribution in [0.15, 0.2) is 75.8 Å². The number of hydrogen-bond acceptors (Lipinski definition) is 4. The van der Waals surface area contributed by atoms with Crippen LogP contribution in [-0.2, 0) is 13.0 Å². The molecule has 0 atom stereocenters. The highest BCUT2D eigenvalue weighted by Gasteiger charge is 2.11. The molecule has 0 saturated carbocycles. The van der Waals surface area contributed by atoms with E-state index in [4.69, 9.17) is 9.41 Å². The molecule has 0 aliphatic rings. The van der Waals surface area contributed by atoms with Gasteiger partial charge in [-0.3, -0.25) is 4.98 Å². The Labute approximate surface area is 162 Å². The van der Waals surface area contributed by atoms with Crippen molar-refractivity contribution >= 4 is 17.0 Å². The predicted octanol–water partition coefficient (Wildman–Crippen LogP) is 5.30. The summed E-state index contributed by atoms with van der Waals surface area (Å²) in [5.41, 5.74) is 5.61. The van der Waals surface area contributed by atoms with Gasteiger partial charge < -0.3 is 8.98 Å². The molecule has 3 heterocycles. The fourth-order valence-electron chi connectivity index (χ4n) is 2.93. The topological polar surface area (TPSA) is 43.3 Å². The fraction of sp³-hybridized carbons (Fsp3) is 0.182. The number of nitrogens with zero attached hydrogens (tertiary/aromatic N) is 3. The first-order chi connectivity index (χ1) is 13.2. The van der Waals surface area contributed by atoms with E-state index in [0.29, 0.717) is 0 Å². The predicted molar refractivity (Wildman–Crippen MR) is 109 cm³/mol. The van der Waals surface area contributed by atoms with Crippen LogP contribution in [0.3, 0.4) is 0 Å². The lowest BCUT2D eigenvalue weighted by atomic mass is 10.1. The second-order valence-electron chi connectivity index (χ2n) is 6.48. The molecular formula is C22H21N3OS. The summed E-state index contributed by atoms with van der Waals surface area (Å²) in [7, 11) is 0. The minimum atomic E-state index is 0.792. The van der Waals surface area contributed by atoms with E-state index in [0.717, 1.165) is 40.6 Å². The summed E-state index contributed by atoms with van der Waals surface area (Å²) in [4.78, 5) is 10.3. The second kappa shape index (κ2) is 7.76. The number of hydrogen-bond donors (Lipinski definition) is 0. The molecule has 0 aliphatic carbocycles. The highest BCUT2D eigenvalue weighted by atomic mass is 32.1. The van der Waals surface area contributed by atoms with Crippen LogP contribution >= 0.6 is 11.3 Å². The molecule has 0 saturated heterocycles. The summed E-state index contributed by atoms with van der Waals surface area (Å²) in [5.74, 6) is 0.855. The first-order valence-electron chi connectivity index (χ1n) is 8.95. The molecule has 0 unspecified atom stereocenters. The normalized spacial score (nSPS) is 11.9. The number of pyridine rings is 1. The minimum Gasteiger partial charge on any atom is -0.463 e. The standard InChI is InChI=1S/C22H21N3OS/c1-16-8-9-19(14-17(16)2)24-22-25(12-10-18-6-3-4-11-23-18)20(15-27-22)21-7-5-13-26-21/h3-9,11,13-15H,10,12H2,1-2H3. The smallest absolute Gasteiger partial charge is 0.190 e. The Balaban J connectivity index is 1.74. The van der Waals surface area contributed by atoms with Crippen LogP contribution in [0.25, 0.3) is 11.5 Å². The maximum atomic E-state index is 5.64. The molecule has 5 heteroatoms. The van der Waals surface area contributed by atoms with Crippen molar-refractivity contribution in [2.75, 3.05) is 0 Å². The second-order valence-corrected chi connectivity index (χ2v) is 7.32. The number of aryl methyl sites for hydroxylation is 3. The molecule has 0 radical (unpaired) electrons. The van der Waals surface area contributed by atoms with Crippen molar-refractivity contribution in [2.24, 2.45) is 4.99 Å². The quantitative estimate of drug-likeness (QED) is 0.475. The van der Waals surface area contributed by atoms with Gasteiger partial charge in [-0.05, 0) is 61.4 Å². The molecule has 4 rings (SSSR count). The van der Waals surface area contributed by atoms with Gasteiger partial charge in [0, 0.05) is 30.2 Å². The molecule has 0 spiro atoms. The third-order valence-electron chi connectivity index (χ3n) is 4.60. The molecule has 0 amide bonds. The molecule has 4 aromatic rings. The van der Waals surface area contributed by atoms with Crippen molar-refractivity contribution in [3.8, 4) is 11.5 Å². The van der Waals surface area contributed by atoms with Crippen molar-refractivity contribution in [2.45, 2.75) is 26.8 Å². The minimum absolute atomic E-state index is 0.792. The molecule has 0 aliphatic heterocycles. The average Bonchev–Trinajstić information content (AvgIpc) is 3.34. The van der Waals surface area contributed by atoms with Gasteiger partial charge in [0.1, 0.15) is 0 Å². The SMILES string of the molecule is Cc1ccc(N=c2scc(-c3ccco3)n2CCc2ccccn2)cc1C. The van der Waals surface area contributed by atoms with Crippen molar-refractivity contribution in [1.29, 1.82) is 0 Å². The molecule has 1 aromatic carbocycles. The van der Waals surface area contributed by atoms with E-state index >= 15 is 0 Å². The van der Waals surface area contributed by atoms with E-state index in [9.17, 15) is 0 Å². The lowest BCUT2D eigenvalue weighted by Crippen LogP contribution is -2.17. The summed E-state index contributed by atoms with van der Waals surface area (Å²) in [6.07, 6.45) is 4.38. The van der Waals surface area contributed by atoms with Crippen molar-refractivity contribution in [3.05, 3.63) is 88.0 Å². The number of furan rings is 1. The highest BCUT2D eigenvalue weighted by molar-refractivity contribution is 7.07. The third kappa shape index (κ3) is 3.93. The van der Waals surface area contributed by atoms with Gasteiger partial charge in [-0.25, -0.2) is 4.99 Å². The maximum absolute atomic E-state index is 5.64. The molecular weight excluding hydrogens is 354 g/mol. The van der Waals surface area contributed by atoms with E-state index in [-0.39, 0.29) is 0 Å². The Morgan fingerprint density at radius 2 is 2.00 bits per heavy atom. The third-order valence-corrected chi connectivity index (χ3v) is 5.47. The lowest BCUT2D eigenvalue weighted by molar-refractivity contribution is 0.568. The molecule has 136 valence electrons. The zero-order chi connectivity index (χ0) is 18.6. The first-order valence-corrected chi connectivity index (χ1v) is 9.83. The summed E-state index contributed by atoms with van der Waals surface area (Å²) in [6.45, 7) is 5.03. The molecule has 27 heavy (non-hydrogen) atoms. The van der Waals surface area contributed by atoms with E-state index in [1.54, 1.807) is 17.6 Å². The number of aromatic nitrogens is 2. The lowest BCUT2D eigenvalue weighted by Gasteiger charge is -2.07. The Kier molecular flexibility index (Phi) is 5.03. The van der Waals surface area contributed by atoms with Gasteiger partial charge in [-0.15, -0.1) is 11.3 Å². The van der Waals surface area contributed by atoms with Crippen LogP contribution in [0.2, 0.25) is 0 Å². The summed E-state index contributed by atoms with van der Waals surface area (Å²) >= 11 is 1.63. The molecule has 0 N–H and O–H groups in total. The zero-order valence-corrected chi connectivity index (χ0v) is 16.2. The van der Waals surface area contributed by atoms with E-state index in [1.807, 2.05) is 30.5 Å². The highest BCUT2D eigenvalue weighted by Crippen LogP contribution is 2.22. The largest absolute Gasteiger partial charge is 0.463 e. The molecule has 0 fully saturated rings. The van der Waals surface area contributed by atoms with Crippen LogP contribution in [0.4, 0.5) is 5.69 Å². The van der Waals surface area contributed by atoms with Crippen LogP contribution in [0.1, 0.15) is 16.8 Å². The Bertz CT molecular complexity index is 1090. The van der Waals surface area contributed by atoms with Gasteiger partial charge in [-0.2, -0.15) is 0 Å². The van der Waals surface area contributed by atoms with E-state index < -0.39 is 0 Å². The Morgan fingerprint density at radius 1 is 1.07 bits per heavy atom. The number of rotatable bonds is 5. The first kappa shape index (κ1) is 17.5. The van der Waals surface area contributed by atoms with Gasteiger partial charge in [0.05, 0.1) is 17.6 Å². The zero-order valence-electron chi connectivity index (χ0n) is 15.4. The van der Waals surface area contributed by atoms with Gasteiger partial charge in [0.15, 0.2) is 10.6 Å². The van der Waals surface area contributed by atoms with Crippen molar-refractivity contribution < 1.29 is 4.42 Å². The number of benzene rings is 1. The molecule has 0 bridgehead atoms. The maximum Gasteiger partial charge on any atom is 0.190 e. The molecule has 3 aromatic heterocycles. The van der Waals surface area contributed by atoms with Gasteiger partial charge in [-0.1, -0.05) is 12.1 Å². The average molecular weight is 375 g/mol. The van der Waals surface area contributed by atoms with Crippen molar-refractivity contribution in [1.82, 2.24) is 9.55 Å². The van der Waals surface area contributed by atoms with Crippen LogP contribution in [0, 0.1) is 13.8 Å². The van der Waals surface area contributed by atoms with Gasteiger partial charge in [0.2, 0.25) is 0 Å². The van der Waals surface area contributed by atoms with Crippen LogP contribution < -0.4 is 4.80 Å². The van der Waals surface area contributed by atoms with Crippen LogP contribution in [0.5, 0.6) is 0 Å². The Morgan fingerprint density at radius 3 is 2.74 bits per heavy atom. The summed E-state index contributed by atoms with van der Waals surface area (Å²) < 4.78 is 7.85. The van der Waals surface area contributed by atoms with Crippen molar-refractivity contribution in [3.63, 3.8) is 0 Å². The molecule has 4 nitrogen and oxygen atoms in total. The van der Waals surface area contributed by atoms with E-state index in [2.05, 4.69) is 53.0 Å². The monoisotopic (exact) mass is 375 g/mol.